The standard InChI is InChI=1S/C19H16FN5O2/c20-14-1-4-16(5-2-14)25-11-13(9-18(25)26)19(27)23-15-3-6-17(22-10-15)24-8-7-21-12-24/h1-8,10,12-13H,9,11H2,(H,23,27). The lowest BCUT2D eigenvalue weighted by molar-refractivity contribution is -0.122. The smallest absolute Gasteiger partial charge is 0.229 e. The fourth-order valence-electron chi connectivity index (χ4n) is 3.01. The van der Waals surface area contributed by atoms with E-state index in [4.69, 9.17) is 0 Å². The van der Waals surface area contributed by atoms with Gasteiger partial charge in [-0.15, -0.1) is 0 Å². The third kappa shape index (κ3) is 3.55. The number of carbonyl (C=O) groups is 2. The van der Waals surface area contributed by atoms with Gasteiger partial charge in [-0.25, -0.2) is 14.4 Å². The molecule has 3 aromatic rings. The van der Waals surface area contributed by atoms with Crippen LogP contribution in [0.25, 0.3) is 5.82 Å². The molecular formula is C19H16FN5O2. The Morgan fingerprint density at radius 2 is 2.00 bits per heavy atom. The lowest BCUT2D eigenvalue weighted by Crippen LogP contribution is -2.28. The van der Waals surface area contributed by atoms with E-state index >= 15 is 0 Å². The molecule has 7 nitrogen and oxygen atoms in total. The highest BCUT2D eigenvalue weighted by Gasteiger charge is 2.35. The Labute approximate surface area is 154 Å². The van der Waals surface area contributed by atoms with E-state index in [-0.39, 0.29) is 30.6 Å². The lowest BCUT2D eigenvalue weighted by Gasteiger charge is -2.16. The largest absolute Gasteiger partial charge is 0.324 e. The van der Waals surface area contributed by atoms with Crippen LogP contribution in [0, 0.1) is 11.7 Å². The number of anilines is 2. The summed E-state index contributed by atoms with van der Waals surface area (Å²) in [6, 6.07) is 9.17. The molecule has 1 aliphatic rings. The summed E-state index contributed by atoms with van der Waals surface area (Å²) in [6.45, 7) is 0.261. The van der Waals surface area contributed by atoms with Crippen molar-refractivity contribution in [3.8, 4) is 5.82 Å². The van der Waals surface area contributed by atoms with Gasteiger partial charge in [0.1, 0.15) is 18.0 Å². The molecule has 0 radical (unpaired) electrons. The van der Waals surface area contributed by atoms with E-state index in [9.17, 15) is 14.0 Å². The van der Waals surface area contributed by atoms with Gasteiger partial charge in [0.05, 0.1) is 17.8 Å². The minimum absolute atomic E-state index is 0.115. The zero-order valence-corrected chi connectivity index (χ0v) is 14.2. The minimum Gasteiger partial charge on any atom is -0.324 e. The van der Waals surface area contributed by atoms with Gasteiger partial charge in [-0.2, -0.15) is 0 Å². The molecule has 1 atom stereocenters. The lowest BCUT2D eigenvalue weighted by atomic mass is 10.1. The maximum atomic E-state index is 13.1. The first-order chi connectivity index (χ1) is 13.1. The predicted molar refractivity (Wildman–Crippen MR) is 96.8 cm³/mol. The Hall–Kier alpha value is -3.55. The minimum atomic E-state index is -0.476. The van der Waals surface area contributed by atoms with Crippen LogP contribution in [0.1, 0.15) is 6.42 Å². The van der Waals surface area contributed by atoms with Crippen molar-refractivity contribution in [3.05, 3.63) is 67.1 Å². The highest BCUT2D eigenvalue weighted by molar-refractivity contribution is 6.03. The van der Waals surface area contributed by atoms with Gasteiger partial charge in [0.2, 0.25) is 11.8 Å². The highest BCUT2D eigenvalue weighted by atomic mass is 19.1. The van der Waals surface area contributed by atoms with E-state index < -0.39 is 5.92 Å². The van der Waals surface area contributed by atoms with Crippen molar-refractivity contribution in [2.75, 3.05) is 16.8 Å². The van der Waals surface area contributed by atoms with Crippen LogP contribution in [-0.4, -0.2) is 32.9 Å². The molecule has 1 aromatic carbocycles. The van der Waals surface area contributed by atoms with Gasteiger partial charge in [0.15, 0.2) is 0 Å². The van der Waals surface area contributed by atoms with Crippen LogP contribution in [-0.2, 0) is 9.59 Å². The number of carbonyl (C=O) groups excluding carboxylic acids is 2. The van der Waals surface area contributed by atoms with Crippen LogP contribution in [0.5, 0.6) is 0 Å². The molecule has 3 heterocycles. The Bertz CT molecular complexity index is 955. The van der Waals surface area contributed by atoms with Crippen LogP contribution in [0.3, 0.4) is 0 Å². The van der Waals surface area contributed by atoms with E-state index in [1.54, 1.807) is 41.6 Å². The van der Waals surface area contributed by atoms with Crippen molar-refractivity contribution in [3.63, 3.8) is 0 Å². The first-order valence-electron chi connectivity index (χ1n) is 8.41. The monoisotopic (exact) mass is 365 g/mol. The molecule has 1 saturated heterocycles. The third-order valence-electron chi connectivity index (χ3n) is 4.42. The number of amides is 2. The number of hydrogen-bond donors (Lipinski definition) is 1. The second-order valence-corrected chi connectivity index (χ2v) is 6.25. The number of imidazole rings is 1. The molecule has 1 aliphatic heterocycles. The van der Waals surface area contributed by atoms with Crippen LogP contribution in [0.15, 0.2) is 61.3 Å². The van der Waals surface area contributed by atoms with Gasteiger partial charge in [-0.3, -0.25) is 14.2 Å². The van der Waals surface area contributed by atoms with Crippen molar-refractivity contribution < 1.29 is 14.0 Å². The summed E-state index contributed by atoms with van der Waals surface area (Å²) in [6.07, 6.45) is 6.73. The Kier molecular flexibility index (Phi) is 4.37. The summed E-state index contributed by atoms with van der Waals surface area (Å²) >= 11 is 0. The van der Waals surface area contributed by atoms with E-state index in [1.807, 2.05) is 0 Å². The quantitative estimate of drug-likeness (QED) is 0.770. The first-order valence-corrected chi connectivity index (χ1v) is 8.41. The Morgan fingerprint density at radius 3 is 2.67 bits per heavy atom. The molecular weight excluding hydrogens is 349 g/mol. The summed E-state index contributed by atoms with van der Waals surface area (Å²) < 4.78 is 14.8. The normalized spacial score (nSPS) is 16.6. The van der Waals surface area contributed by atoms with E-state index in [1.165, 1.54) is 29.2 Å². The second kappa shape index (κ2) is 6.99. The van der Waals surface area contributed by atoms with Crippen LogP contribution < -0.4 is 10.2 Å². The fraction of sp³-hybridized carbons (Fsp3) is 0.158. The molecule has 8 heteroatoms. The van der Waals surface area contributed by atoms with E-state index in [2.05, 4.69) is 15.3 Å². The number of halogens is 1. The average molecular weight is 365 g/mol. The molecule has 0 spiro atoms. The predicted octanol–water partition coefficient (Wildman–Crippen LogP) is 2.40. The van der Waals surface area contributed by atoms with Crippen molar-refractivity contribution in [1.29, 1.82) is 0 Å². The molecule has 1 N–H and O–H groups in total. The van der Waals surface area contributed by atoms with Crippen molar-refractivity contribution in [2.24, 2.45) is 5.92 Å². The van der Waals surface area contributed by atoms with Gasteiger partial charge in [0, 0.05) is 31.0 Å². The van der Waals surface area contributed by atoms with Crippen molar-refractivity contribution >= 4 is 23.2 Å². The number of pyridine rings is 1. The molecule has 1 unspecified atom stereocenters. The SMILES string of the molecule is O=C(Nc1ccc(-n2ccnc2)nc1)C1CC(=O)N(c2ccc(F)cc2)C1. The van der Waals surface area contributed by atoms with Gasteiger partial charge in [-0.05, 0) is 36.4 Å². The molecule has 0 aliphatic carbocycles. The van der Waals surface area contributed by atoms with Crippen LogP contribution in [0.4, 0.5) is 15.8 Å². The van der Waals surface area contributed by atoms with Gasteiger partial charge < -0.3 is 10.2 Å². The average Bonchev–Trinajstić information content (AvgIpc) is 3.33. The summed E-state index contributed by atoms with van der Waals surface area (Å²) in [5.41, 5.74) is 1.14. The number of aromatic nitrogens is 3. The van der Waals surface area contributed by atoms with Crippen molar-refractivity contribution in [2.45, 2.75) is 6.42 Å². The molecule has 27 heavy (non-hydrogen) atoms. The maximum Gasteiger partial charge on any atom is 0.229 e. The fourth-order valence-corrected chi connectivity index (χ4v) is 3.01. The summed E-state index contributed by atoms with van der Waals surface area (Å²) in [7, 11) is 0. The molecule has 4 rings (SSSR count). The van der Waals surface area contributed by atoms with Crippen LogP contribution >= 0.6 is 0 Å². The van der Waals surface area contributed by atoms with Crippen molar-refractivity contribution in [1.82, 2.24) is 14.5 Å². The third-order valence-corrected chi connectivity index (χ3v) is 4.42. The Balaban J connectivity index is 1.41. The first kappa shape index (κ1) is 16.9. The van der Waals surface area contributed by atoms with Gasteiger partial charge in [0.25, 0.3) is 0 Å². The van der Waals surface area contributed by atoms with E-state index in [0.29, 0.717) is 17.2 Å². The number of nitrogens with zero attached hydrogens (tertiary/aromatic N) is 4. The molecule has 136 valence electrons. The second-order valence-electron chi connectivity index (χ2n) is 6.25. The zero-order chi connectivity index (χ0) is 18.8. The highest BCUT2D eigenvalue weighted by Crippen LogP contribution is 2.26. The summed E-state index contributed by atoms with van der Waals surface area (Å²) in [5.74, 6) is -0.563. The number of nitrogens with one attached hydrogen (secondary N) is 1. The molecule has 2 aromatic heterocycles. The maximum absolute atomic E-state index is 13.1. The van der Waals surface area contributed by atoms with E-state index in [0.717, 1.165) is 0 Å². The van der Waals surface area contributed by atoms with Gasteiger partial charge in [-0.1, -0.05) is 0 Å². The topological polar surface area (TPSA) is 80.1 Å². The summed E-state index contributed by atoms with van der Waals surface area (Å²) in [4.78, 5) is 34.5. The number of benzene rings is 1. The molecule has 0 saturated carbocycles. The summed E-state index contributed by atoms with van der Waals surface area (Å²) in [5, 5.41) is 2.79. The number of rotatable bonds is 4. The Morgan fingerprint density at radius 1 is 1.19 bits per heavy atom. The molecule has 1 fully saturated rings. The molecule has 0 bridgehead atoms. The van der Waals surface area contributed by atoms with Gasteiger partial charge >= 0.3 is 0 Å². The molecule has 2 amide bonds. The van der Waals surface area contributed by atoms with Crippen LogP contribution in [0.2, 0.25) is 0 Å². The number of hydrogen-bond acceptors (Lipinski definition) is 4. The zero-order valence-electron chi connectivity index (χ0n) is 14.2.